The van der Waals surface area contributed by atoms with Gasteiger partial charge in [-0.05, 0) is 41.1 Å². The zero-order valence-electron chi connectivity index (χ0n) is 7.14. The van der Waals surface area contributed by atoms with Crippen LogP contribution in [0.1, 0.15) is 6.92 Å². The SMILES string of the molecule is C#CC(C)Nc1ccc(Br)c(Cl)c1. The summed E-state index contributed by atoms with van der Waals surface area (Å²) < 4.78 is 0.882. The molecule has 0 fully saturated rings. The molecule has 13 heavy (non-hydrogen) atoms. The second kappa shape index (κ2) is 4.55. The molecule has 68 valence electrons. The first-order valence-corrected chi connectivity index (χ1v) is 4.98. The molecule has 1 N–H and O–H groups in total. The quantitative estimate of drug-likeness (QED) is 0.800. The van der Waals surface area contributed by atoms with Crippen LogP contribution in [0.2, 0.25) is 5.02 Å². The Morgan fingerprint density at radius 2 is 2.31 bits per heavy atom. The fraction of sp³-hybridized carbons (Fsp3) is 0.200. The van der Waals surface area contributed by atoms with Crippen LogP contribution in [0.15, 0.2) is 22.7 Å². The second-order valence-electron chi connectivity index (χ2n) is 2.66. The Bertz CT molecular complexity index is 343. The Balaban J connectivity index is 2.81. The van der Waals surface area contributed by atoms with Gasteiger partial charge in [-0.3, -0.25) is 0 Å². The smallest absolute Gasteiger partial charge is 0.0845 e. The largest absolute Gasteiger partial charge is 0.372 e. The third kappa shape index (κ3) is 2.95. The predicted octanol–water partition coefficient (Wildman–Crippen LogP) is 3.54. The average molecular weight is 259 g/mol. The van der Waals surface area contributed by atoms with Crippen molar-refractivity contribution < 1.29 is 0 Å². The van der Waals surface area contributed by atoms with Crippen molar-refractivity contribution >= 4 is 33.2 Å². The lowest BCUT2D eigenvalue weighted by molar-refractivity contribution is 1.04. The van der Waals surface area contributed by atoms with Crippen molar-refractivity contribution in [1.29, 1.82) is 0 Å². The van der Waals surface area contributed by atoms with E-state index < -0.39 is 0 Å². The topological polar surface area (TPSA) is 12.0 Å². The van der Waals surface area contributed by atoms with Gasteiger partial charge in [-0.15, -0.1) is 6.42 Å². The van der Waals surface area contributed by atoms with Crippen LogP contribution in [-0.4, -0.2) is 6.04 Å². The van der Waals surface area contributed by atoms with Crippen LogP contribution in [0, 0.1) is 12.3 Å². The molecule has 0 saturated carbocycles. The molecule has 0 aliphatic rings. The standard InChI is InChI=1S/C10H9BrClN/c1-3-7(2)13-8-4-5-9(11)10(12)6-8/h1,4-7,13H,2H3. The fourth-order valence-electron chi connectivity index (χ4n) is 0.878. The van der Waals surface area contributed by atoms with E-state index in [9.17, 15) is 0 Å². The molecule has 1 rings (SSSR count). The molecule has 1 unspecified atom stereocenters. The Labute approximate surface area is 91.6 Å². The maximum absolute atomic E-state index is 5.90. The molecule has 1 aromatic rings. The van der Waals surface area contributed by atoms with Crippen LogP contribution < -0.4 is 5.32 Å². The van der Waals surface area contributed by atoms with Crippen molar-refractivity contribution in [2.45, 2.75) is 13.0 Å². The van der Waals surface area contributed by atoms with E-state index in [1.54, 1.807) is 0 Å². The molecule has 0 aromatic heterocycles. The van der Waals surface area contributed by atoms with Crippen LogP contribution in [0.3, 0.4) is 0 Å². The third-order valence-electron chi connectivity index (χ3n) is 1.55. The van der Waals surface area contributed by atoms with Gasteiger partial charge in [0, 0.05) is 10.2 Å². The molecule has 1 nitrogen and oxygen atoms in total. The summed E-state index contributed by atoms with van der Waals surface area (Å²) >= 11 is 9.21. The summed E-state index contributed by atoms with van der Waals surface area (Å²) in [6, 6.07) is 5.65. The number of terminal acetylenes is 1. The van der Waals surface area contributed by atoms with Crippen molar-refractivity contribution in [1.82, 2.24) is 0 Å². The normalized spacial score (nSPS) is 11.8. The maximum Gasteiger partial charge on any atom is 0.0845 e. The van der Waals surface area contributed by atoms with E-state index in [0.29, 0.717) is 5.02 Å². The van der Waals surface area contributed by atoms with E-state index in [1.165, 1.54) is 0 Å². The molecule has 1 atom stereocenters. The Morgan fingerprint density at radius 1 is 1.62 bits per heavy atom. The molecule has 3 heteroatoms. The zero-order chi connectivity index (χ0) is 9.84. The monoisotopic (exact) mass is 257 g/mol. The van der Waals surface area contributed by atoms with Crippen molar-refractivity contribution in [3.8, 4) is 12.3 Å². The molecule has 0 radical (unpaired) electrons. The zero-order valence-corrected chi connectivity index (χ0v) is 9.48. The first kappa shape index (κ1) is 10.4. The summed E-state index contributed by atoms with van der Waals surface area (Å²) in [7, 11) is 0. The van der Waals surface area contributed by atoms with Gasteiger partial charge in [0.2, 0.25) is 0 Å². The van der Waals surface area contributed by atoms with Gasteiger partial charge < -0.3 is 5.32 Å². The summed E-state index contributed by atoms with van der Waals surface area (Å²) in [6.07, 6.45) is 5.23. The number of hydrogen-bond acceptors (Lipinski definition) is 1. The summed E-state index contributed by atoms with van der Waals surface area (Å²) in [5, 5.41) is 3.79. The van der Waals surface area contributed by atoms with E-state index in [1.807, 2.05) is 25.1 Å². The van der Waals surface area contributed by atoms with Crippen LogP contribution in [0.4, 0.5) is 5.69 Å². The fourth-order valence-corrected chi connectivity index (χ4v) is 1.30. The van der Waals surface area contributed by atoms with Crippen LogP contribution in [0.25, 0.3) is 0 Å². The highest BCUT2D eigenvalue weighted by Crippen LogP contribution is 2.25. The minimum atomic E-state index is 0.0113. The number of rotatable bonds is 2. The highest BCUT2D eigenvalue weighted by Gasteiger charge is 2.00. The number of benzene rings is 1. The molecule has 0 heterocycles. The number of nitrogens with one attached hydrogen (secondary N) is 1. The second-order valence-corrected chi connectivity index (χ2v) is 3.92. The lowest BCUT2D eigenvalue weighted by Crippen LogP contribution is -2.11. The summed E-state index contributed by atoms with van der Waals surface area (Å²) in [5.41, 5.74) is 0.929. The molecule has 0 aliphatic heterocycles. The number of halogens is 2. The molecule has 0 bridgehead atoms. The molecule has 0 saturated heterocycles. The Kier molecular flexibility index (Phi) is 3.65. The van der Waals surface area contributed by atoms with Crippen molar-refractivity contribution in [3.05, 3.63) is 27.7 Å². The van der Waals surface area contributed by atoms with Gasteiger partial charge in [-0.2, -0.15) is 0 Å². The van der Waals surface area contributed by atoms with Crippen molar-refractivity contribution in [3.63, 3.8) is 0 Å². The third-order valence-corrected chi connectivity index (χ3v) is 2.79. The van der Waals surface area contributed by atoms with Crippen LogP contribution in [0.5, 0.6) is 0 Å². The molecule has 0 aliphatic carbocycles. The molecule has 1 aromatic carbocycles. The summed E-state index contributed by atoms with van der Waals surface area (Å²) in [4.78, 5) is 0. The first-order chi connectivity index (χ1) is 6.13. The minimum Gasteiger partial charge on any atom is -0.372 e. The summed E-state index contributed by atoms with van der Waals surface area (Å²) in [5.74, 6) is 2.58. The van der Waals surface area contributed by atoms with E-state index in [0.717, 1.165) is 10.2 Å². The Hall–Kier alpha value is -0.650. The van der Waals surface area contributed by atoms with Crippen LogP contribution in [-0.2, 0) is 0 Å². The predicted molar refractivity (Wildman–Crippen MR) is 61.1 cm³/mol. The number of anilines is 1. The molecule has 0 amide bonds. The molecular weight excluding hydrogens is 249 g/mol. The van der Waals surface area contributed by atoms with E-state index in [4.69, 9.17) is 18.0 Å². The van der Waals surface area contributed by atoms with Crippen LogP contribution >= 0.6 is 27.5 Å². The summed E-state index contributed by atoms with van der Waals surface area (Å²) in [6.45, 7) is 1.91. The molecular formula is C10H9BrClN. The van der Waals surface area contributed by atoms with Gasteiger partial charge in [0.15, 0.2) is 0 Å². The van der Waals surface area contributed by atoms with Gasteiger partial charge in [0.1, 0.15) is 0 Å². The van der Waals surface area contributed by atoms with Crippen molar-refractivity contribution in [2.24, 2.45) is 0 Å². The number of hydrogen-bond donors (Lipinski definition) is 1. The minimum absolute atomic E-state index is 0.0113. The lowest BCUT2D eigenvalue weighted by atomic mass is 10.3. The van der Waals surface area contributed by atoms with Gasteiger partial charge in [-0.1, -0.05) is 17.5 Å². The van der Waals surface area contributed by atoms with E-state index >= 15 is 0 Å². The lowest BCUT2D eigenvalue weighted by Gasteiger charge is -2.09. The van der Waals surface area contributed by atoms with Gasteiger partial charge in [0.05, 0.1) is 11.1 Å². The highest BCUT2D eigenvalue weighted by molar-refractivity contribution is 9.10. The van der Waals surface area contributed by atoms with E-state index in [-0.39, 0.29) is 6.04 Å². The maximum atomic E-state index is 5.90. The average Bonchev–Trinajstić information content (AvgIpc) is 2.11. The van der Waals surface area contributed by atoms with E-state index in [2.05, 4.69) is 27.2 Å². The van der Waals surface area contributed by atoms with Gasteiger partial charge in [0.25, 0.3) is 0 Å². The Morgan fingerprint density at radius 3 is 2.85 bits per heavy atom. The first-order valence-electron chi connectivity index (χ1n) is 3.81. The van der Waals surface area contributed by atoms with Gasteiger partial charge in [-0.25, -0.2) is 0 Å². The van der Waals surface area contributed by atoms with Crippen molar-refractivity contribution in [2.75, 3.05) is 5.32 Å². The van der Waals surface area contributed by atoms with Gasteiger partial charge >= 0.3 is 0 Å². The molecule has 0 spiro atoms. The highest BCUT2D eigenvalue weighted by atomic mass is 79.9.